The standard InChI is InChI=1S/C21H17BrFN5S/c1-4-17-20(28-11-14(22)5-8-18(28)25-17)27(3)21-26-19(12(2)29-21)16-7-6-15(23)9-13(16)10-24/h5-9,11H,4H2,1-3H3. The molecule has 0 unspecified atom stereocenters. The van der Waals surface area contributed by atoms with Crippen LogP contribution in [0.2, 0.25) is 0 Å². The lowest BCUT2D eigenvalue weighted by Gasteiger charge is -2.17. The minimum atomic E-state index is -0.431. The van der Waals surface area contributed by atoms with Gasteiger partial charge in [-0.25, -0.2) is 14.4 Å². The van der Waals surface area contributed by atoms with Gasteiger partial charge in [0.1, 0.15) is 17.3 Å². The topological polar surface area (TPSA) is 57.2 Å². The van der Waals surface area contributed by atoms with Crippen LogP contribution in [0, 0.1) is 24.1 Å². The number of rotatable bonds is 4. The van der Waals surface area contributed by atoms with Crippen LogP contribution in [-0.4, -0.2) is 21.4 Å². The fraction of sp³-hybridized carbons (Fsp3) is 0.190. The number of hydrogen-bond donors (Lipinski definition) is 0. The van der Waals surface area contributed by atoms with E-state index in [1.54, 1.807) is 6.07 Å². The largest absolute Gasteiger partial charge is 0.305 e. The Morgan fingerprint density at radius 2 is 2.07 bits per heavy atom. The third-order valence-corrected chi connectivity index (χ3v) is 6.23. The van der Waals surface area contributed by atoms with E-state index in [-0.39, 0.29) is 5.56 Å². The summed E-state index contributed by atoms with van der Waals surface area (Å²) in [6.45, 7) is 4.03. The minimum Gasteiger partial charge on any atom is -0.305 e. The van der Waals surface area contributed by atoms with E-state index in [9.17, 15) is 9.65 Å². The van der Waals surface area contributed by atoms with Crippen LogP contribution in [-0.2, 0) is 6.42 Å². The van der Waals surface area contributed by atoms with E-state index in [4.69, 9.17) is 9.97 Å². The fourth-order valence-corrected chi connectivity index (χ4v) is 4.55. The summed E-state index contributed by atoms with van der Waals surface area (Å²) < 4.78 is 16.5. The van der Waals surface area contributed by atoms with Gasteiger partial charge in [-0.2, -0.15) is 5.26 Å². The van der Waals surface area contributed by atoms with Gasteiger partial charge >= 0.3 is 0 Å². The molecule has 146 valence electrons. The average molecular weight is 470 g/mol. The van der Waals surface area contributed by atoms with E-state index >= 15 is 0 Å². The number of nitrogens with zero attached hydrogens (tertiary/aromatic N) is 5. The Bertz CT molecular complexity index is 1270. The van der Waals surface area contributed by atoms with E-state index in [1.807, 2.05) is 41.6 Å². The van der Waals surface area contributed by atoms with Crippen LogP contribution < -0.4 is 4.90 Å². The second-order valence-corrected chi connectivity index (χ2v) is 8.67. The van der Waals surface area contributed by atoms with Gasteiger partial charge in [0.15, 0.2) is 5.13 Å². The highest BCUT2D eigenvalue weighted by molar-refractivity contribution is 9.10. The van der Waals surface area contributed by atoms with Crippen molar-refractivity contribution in [3.05, 3.63) is 63.0 Å². The quantitative estimate of drug-likeness (QED) is 0.374. The molecule has 0 amide bonds. The number of aromatic nitrogens is 3. The molecule has 0 saturated carbocycles. The first-order chi connectivity index (χ1) is 13.9. The molecule has 0 aliphatic rings. The molecule has 8 heteroatoms. The minimum absolute atomic E-state index is 0.278. The Morgan fingerprint density at radius 1 is 1.28 bits per heavy atom. The Morgan fingerprint density at radius 3 is 2.79 bits per heavy atom. The molecule has 0 N–H and O–H groups in total. The zero-order chi connectivity index (χ0) is 20.7. The first kappa shape index (κ1) is 19.6. The summed E-state index contributed by atoms with van der Waals surface area (Å²) >= 11 is 5.06. The molecular formula is C21H17BrFN5S. The maximum Gasteiger partial charge on any atom is 0.191 e. The lowest BCUT2D eigenvalue weighted by molar-refractivity contribution is 0.627. The van der Waals surface area contributed by atoms with E-state index < -0.39 is 5.82 Å². The lowest BCUT2D eigenvalue weighted by Crippen LogP contribution is -2.13. The number of pyridine rings is 1. The van der Waals surface area contributed by atoms with Crippen LogP contribution in [0.15, 0.2) is 41.0 Å². The first-order valence-electron chi connectivity index (χ1n) is 9.00. The summed E-state index contributed by atoms with van der Waals surface area (Å²) in [7, 11) is 1.96. The third-order valence-electron chi connectivity index (χ3n) is 4.71. The zero-order valence-electron chi connectivity index (χ0n) is 16.1. The van der Waals surface area contributed by atoms with Gasteiger partial charge in [0, 0.05) is 28.2 Å². The highest BCUT2D eigenvalue weighted by Crippen LogP contribution is 2.37. The Labute approximate surface area is 180 Å². The van der Waals surface area contributed by atoms with E-state index in [2.05, 4.69) is 28.9 Å². The van der Waals surface area contributed by atoms with Crippen molar-refractivity contribution in [3.63, 3.8) is 0 Å². The SMILES string of the molecule is CCc1nc2ccc(Br)cn2c1N(C)c1nc(-c2ccc(F)cc2C#N)c(C)s1. The number of halogens is 2. The van der Waals surface area contributed by atoms with Gasteiger partial charge in [0.25, 0.3) is 0 Å². The van der Waals surface area contributed by atoms with Crippen molar-refractivity contribution in [2.75, 3.05) is 11.9 Å². The van der Waals surface area contributed by atoms with E-state index in [1.165, 1.54) is 23.5 Å². The van der Waals surface area contributed by atoms with Gasteiger partial charge in [-0.05, 0) is 59.6 Å². The summed E-state index contributed by atoms with van der Waals surface area (Å²) in [5.74, 6) is 0.517. The number of thiazole rings is 1. The molecule has 3 aromatic heterocycles. The summed E-state index contributed by atoms with van der Waals surface area (Å²) in [5, 5.41) is 10.2. The molecule has 0 aliphatic carbocycles. The van der Waals surface area contributed by atoms with Crippen LogP contribution in [0.5, 0.6) is 0 Å². The number of aryl methyl sites for hydroxylation is 2. The average Bonchev–Trinajstić information content (AvgIpc) is 3.27. The maximum atomic E-state index is 13.5. The molecule has 3 heterocycles. The number of imidazole rings is 1. The molecule has 1 aromatic carbocycles. The molecular weight excluding hydrogens is 453 g/mol. The Hall–Kier alpha value is -2.76. The number of hydrogen-bond acceptors (Lipinski definition) is 5. The number of nitriles is 1. The van der Waals surface area contributed by atoms with Gasteiger partial charge in [-0.3, -0.25) is 4.40 Å². The molecule has 0 bridgehead atoms. The summed E-state index contributed by atoms with van der Waals surface area (Å²) in [5.41, 5.74) is 3.45. The molecule has 4 aromatic rings. The molecule has 0 saturated heterocycles. The van der Waals surface area contributed by atoms with Crippen molar-refractivity contribution in [2.24, 2.45) is 0 Å². The molecule has 0 radical (unpaired) electrons. The molecule has 5 nitrogen and oxygen atoms in total. The van der Waals surface area contributed by atoms with Crippen LogP contribution in [0.4, 0.5) is 15.3 Å². The van der Waals surface area contributed by atoms with Crippen LogP contribution in [0.25, 0.3) is 16.9 Å². The molecule has 0 fully saturated rings. The normalized spacial score (nSPS) is 11.0. The van der Waals surface area contributed by atoms with Gasteiger partial charge in [-0.15, -0.1) is 11.3 Å². The lowest BCUT2D eigenvalue weighted by atomic mass is 10.0. The van der Waals surface area contributed by atoms with Gasteiger partial charge in [0.05, 0.1) is 23.0 Å². The van der Waals surface area contributed by atoms with Crippen LogP contribution >= 0.6 is 27.3 Å². The summed E-state index contributed by atoms with van der Waals surface area (Å²) in [6, 6.07) is 10.2. The predicted molar refractivity (Wildman–Crippen MR) is 117 cm³/mol. The monoisotopic (exact) mass is 469 g/mol. The molecule has 0 spiro atoms. The predicted octanol–water partition coefficient (Wildman–Crippen LogP) is 5.87. The van der Waals surface area contributed by atoms with Crippen LogP contribution in [0.3, 0.4) is 0 Å². The highest BCUT2D eigenvalue weighted by Gasteiger charge is 2.21. The van der Waals surface area contributed by atoms with Crippen molar-refractivity contribution in [2.45, 2.75) is 20.3 Å². The summed E-state index contributed by atoms with van der Waals surface area (Å²) in [6.07, 6.45) is 2.77. The van der Waals surface area contributed by atoms with Crippen molar-refractivity contribution in [1.82, 2.24) is 14.4 Å². The fourth-order valence-electron chi connectivity index (χ4n) is 3.33. The highest BCUT2D eigenvalue weighted by atomic mass is 79.9. The maximum absolute atomic E-state index is 13.5. The van der Waals surface area contributed by atoms with Gasteiger partial charge < -0.3 is 4.90 Å². The van der Waals surface area contributed by atoms with Crippen molar-refractivity contribution in [1.29, 1.82) is 5.26 Å². The Kier molecular flexibility index (Phi) is 5.11. The number of fused-ring (bicyclic) bond motifs is 1. The van der Waals surface area contributed by atoms with Crippen LogP contribution in [0.1, 0.15) is 23.1 Å². The van der Waals surface area contributed by atoms with E-state index in [0.29, 0.717) is 11.3 Å². The third kappa shape index (κ3) is 3.41. The smallest absolute Gasteiger partial charge is 0.191 e. The second-order valence-electron chi connectivity index (χ2n) is 6.57. The van der Waals surface area contributed by atoms with Crippen molar-refractivity contribution >= 4 is 43.9 Å². The molecule has 29 heavy (non-hydrogen) atoms. The van der Waals surface area contributed by atoms with Gasteiger partial charge in [-0.1, -0.05) is 6.92 Å². The van der Waals surface area contributed by atoms with Crippen molar-refractivity contribution in [3.8, 4) is 17.3 Å². The molecule has 0 aliphatic heterocycles. The first-order valence-corrected chi connectivity index (χ1v) is 10.6. The molecule has 0 atom stereocenters. The van der Waals surface area contributed by atoms with Crippen molar-refractivity contribution < 1.29 is 4.39 Å². The van der Waals surface area contributed by atoms with E-state index in [0.717, 1.165) is 38.1 Å². The number of anilines is 2. The summed E-state index contributed by atoms with van der Waals surface area (Å²) in [4.78, 5) is 12.5. The zero-order valence-corrected chi connectivity index (χ0v) is 18.5. The van der Waals surface area contributed by atoms with Gasteiger partial charge in [0.2, 0.25) is 0 Å². The Balaban J connectivity index is 1.84. The second kappa shape index (κ2) is 7.58. The molecule has 4 rings (SSSR count). The number of benzene rings is 1.